The molecule has 0 saturated heterocycles. The monoisotopic (exact) mass is 307 g/mol. The minimum absolute atomic E-state index is 0. The van der Waals surface area contributed by atoms with E-state index in [0.717, 1.165) is 6.04 Å². The summed E-state index contributed by atoms with van der Waals surface area (Å²) in [5.74, 6) is -1.47. The maximum absolute atomic E-state index is 10.9. The SMILES string of the molecule is C[Si](C)(C)CCOCN1C=NC(C#N)(C(=O)[O-])C1.[K+]. The number of ether oxygens (including phenoxy) is 1. The predicted molar refractivity (Wildman–Crippen MR) is 67.5 cm³/mol. The molecule has 0 N–H and O–H groups in total. The van der Waals surface area contributed by atoms with Crippen molar-refractivity contribution >= 4 is 20.4 Å². The summed E-state index contributed by atoms with van der Waals surface area (Å²) in [6.07, 6.45) is 1.34. The largest absolute Gasteiger partial charge is 1.00 e. The molecule has 0 spiro atoms. The van der Waals surface area contributed by atoms with E-state index in [0.29, 0.717) is 6.61 Å². The minimum atomic E-state index is -1.78. The number of hydrogen-bond donors (Lipinski definition) is 0. The summed E-state index contributed by atoms with van der Waals surface area (Å²) >= 11 is 0. The molecule has 1 heterocycles. The van der Waals surface area contributed by atoms with Gasteiger partial charge in [-0.3, -0.25) is 0 Å². The summed E-state index contributed by atoms with van der Waals surface area (Å²) in [4.78, 5) is 16.1. The van der Waals surface area contributed by atoms with E-state index in [1.165, 1.54) is 6.34 Å². The number of hydrogen-bond acceptors (Lipinski definition) is 6. The van der Waals surface area contributed by atoms with Crippen LogP contribution in [0.25, 0.3) is 0 Å². The molecule has 1 unspecified atom stereocenters. The molecule has 0 aromatic carbocycles. The van der Waals surface area contributed by atoms with Crippen molar-refractivity contribution in [3.63, 3.8) is 0 Å². The van der Waals surface area contributed by atoms with Gasteiger partial charge in [-0.15, -0.1) is 0 Å². The van der Waals surface area contributed by atoms with E-state index in [1.807, 2.05) is 0 Å². The molecule has 0 bridgehead atoms. The number of nitriles is 1. The van der Waals surface area contributed by atoms with Crippen LogP contribution in [0.1, 0.15) is 0 Å². The van der Waals surface area contributed by atoms with Crippen LogP contribution in [-0.2, 0) is 9.53 Å². The third-order valence-electron chi connectivity index (χ3n) is 2.65. The zero-order valence-corrected chi connectivity index (χ0v) is 16.1. The van der Waals surface area contributed by atoms with E-state index in [1.54, 1.807) is 11.0 Å². The van der Waals surface area contributed by atoms with Gasteiger partial charge in [-0.05, 0) is 6.04 Å². The molecule has 0 saturated carbocycles. The van der Waals surface area contributed by atoms with Crippen molar-refractivity contribution in [2.24, 2.45) is 4.99 Å². The van der Waals surface area contributed by atoms with Gasteiger partial charge in [-0.1, -0.05) is 19.6 Å². The van der Waals surface area contributed by atoms with Crippen molar-refractivity contribution < 1.29 is 66.0 Å². The first kappa shape index (κ1) is 19.2. The molecule has 1 aliphatic heterocycles. The Hall–Kier alpha value is 0.243. The molecule has 0 amide bonds. The Balaban J connectivity index is 0.00000324. The summed E-state index contributed by atoms with van der Waals surface area (Å²) < 4.78 is 5.46. The maximum atomic E-state index is 10.9. The summed E-state index contributed by atoms with van der Waals surface area (Å²) in [7, 11) is -1.12. The molecule has 0 aliphatic carbocycles. The van der Waals surface area contributed by atoms with Crippen LogP contribution in [0.5, 0.6) is 0 Å². The number of rotatable bonds is 6. The molecule has 0 aromatic rings. The fraction of sp³-hybridized carbons (Fsp3) is 0.727. The second-order valence-corrected chi connectivity index (χ2v) is 11.2. The standard InChI is InChI=1S/C11H19N3O3Si.K/c1-18(2,3)5-4-17-9-14-7-11(6-12,10(15)16)13-8-14;/h8H,4-5,7,9H2,1-3H3,(H,15,16);/q;+1/p-1. The van der Waals surface area contributed by atoms with Crippen molar-refractivity contribution in [2.75, 3.05) is 19.9 Å². The molecule has 1 aliphatic rings. The van der Waals surface area contributed by atoms with Gasteiger partial charge in [0.2, 0.25) is 5.54 Å². The van der Waals surface area contributed by atoms with Crippen LogP contribution >= 0.6 is 0 Å². The number of carboxylic acids is 1. The van der Waals surface area contributed by atoms with E-state index in [2.05, 4.69) is 24.6 Å². The molecular formula is C11H18KN3O3Si. The van der Waals surface area contributed by atoms with Gasteiger partial charge in [-0.2, -0.15) is 5.26 Å². The van der Waals surface area contributed by atoms with Crippen molar-refractivity contribution in [1.82, 2.24) is 4.90 Å². The first-order valence-electron chi connectivity index (χ1n) is 5.79. The number of carbonyl (C=O) groups excluding carboxylic acids is 1. The molecule has 100 valence electrons. The Kier molecular flexibility index (Phi) is 7.98. The zero-order chi connectivity index (χ0) is 13.8. The normalized spacial score (nSPS) is 21.9. The van der Waals surface area contributed by atoms with Gasteiger partial charge in [-0.25, -0.2) is 4.99 Å². The molecule has 6 nitrogen and oxygen atoms in total. The fourth-order valence-electron chi connectivity index (χ4n) is 1.42. The van der Waals surface area contributed by atoms with Crippen molar-refractivity contribution in [2.45, 2.75) is 31.2 Å². The molecule has 19 heavy (non-hydrogen) atoms. The Morgan fingerprint density at radius 1 is 1.63 bits per heavy atom. The third kappa shape index (κ3) is 6.03. The minimum Gasteiger partial charge on any atom is -0.546 e. The summed E-state index contributed by atoms with van der Waals surface area (Å²) in [6.45, 7) is 7.65. The molecule has 0 aromatic heterocycles. The number of nitrogens with zero attached hydrogens (tertiary/aromatic N) is 3. The number of aliphatic carboxylic acids is 1. The van der Waals surface area contributed by atoms with E-state index >= 15 is 0 Å². The number of aliphatic imine (C=N–C) groups is 1. The smallest absolute Gasteiger partial charge is 0.546 e. The summed E-state index contributed by atoms with van der Waals surface area (Å²) in [5.41, 5.74) is -1.78. The summed E-state index contributed by atoms with van der Waals surface area (Å²) in [5, 5.41) is 19.7. The average Bonchev–Trinajstić information content (AvgIpc) is 2.68. The molecule has 0 radical (unpaired) electrons. The average molecular weight is 307 g/mol. The van der Waals surface area contributed by atoms with Gasteiger partial charge in [0.15, 0.2) is 0 Å². The van der Waals surface area contributed by atoms with E-state index in [-0.39, 0.29) is 64.7 Å². The second kappa shape index (κ2) is 7.88. The van der Waals surface area contributed by atoms with Crippen LogP contribution in [0.2, 0.25) is 25.7 Å². The Bertz CT molecular complexity index is 392. The van der Waals surface area contributed by atoms with Crippen molar-refractivity contribution in [1.29, 1.82) is 5.26 Å². The first-order valence-corrected chi connectivity index (χ1v) is 9.50. The Morgan fingerprint density at radius 3 is 2.68 bits per heavy atom. The maximum Gasteiger partial charge on any atom is 1.00 e. The van der Waals surface area contributed by atoms with Crippen molar-refractivity contribution in [3.8, 4) is 6.07 Å². The first-order chi connectivity index (χ1) is 8.29. The topological polar surface area (TPSA) is 88.8 Å². The van der Waals surface area contributed by atoms with Crippen LogP contribution in [0.3, 0.4) is 0 Å². The van der Waals surface area contributed by atoms with Crippen LogP contribution < -0.4 is 56.5 Å². The van der Waals surface area contributed by atoms with Gasteiger partial charge in [0.25, 0.3) is 0 Å². The van der Waals surface area contributed by atoms with E-state index < -0.39 is 19.6 Å². The Morgan fingerprint density at radius 2 is 2.26 bits per heavy atom. The van der Waals surface area contributed by atoms with Crippen LogP contribution in [0.4, 0.5) is 0 Å². The Labute approximate surface area is 157 Å². The van der Waals surface area contributed by atoms with Crippen LogP contribution in [0, 0.1) is 11.3 Å². The quantitative estimate of drug-likeness (QED) is 0.378. The van der Waals surface area contributed by atoms with E-state index in [4.69, 9.17) is 10.00 Å². The molecular weight excluding hydrogens is 289 g/mol. The zero-order valence-electron chi connectivity index (χ0n) is 12.0. The molecule has 8 heteroatoms. The van der Waals surface area contributed by atoms with Crippen LogP contribution in [0.15, 0.2) is 4.99 Å². The molecule has 1 rings (SSSR count). The molecule has 1 atom stereocenters. The molecule has 0 fully saturated rings. The van der Waals surface area contributed by atoms with E-state index in [9.17, 15) is 9.90 Å². The fourth-order valence-corrected chi connectivity index (χ4v) is 2.18. The number of carboxylic acid groups (broad SMARTS) is 1. The number of carbonyl (C=O) groups is 1. The van der Waals surface area contributed by atoms with Crippen LogP contribution in [-0.4, -0.2) is 50.7 Å². The van der Waals surface area contributed by atoms with Gasteiger partial charge < -0.3 is 19.5 Å². The van der Waals surface area contributed by atoms with Gasteiger partial charge in [0, 0.05) is 14.7 Å². The second-order valence-electron chi connectivity index (χ2n) is 5.60. The summed E-state index contributed by atoms with van der Waals surface area (Å²) in [6, 6.07) is 2.71. The van der Waals surface area contributed by atoms with Gasteiger partial charge in [0.1, 0.15) is 12.8 Å². The third-order valence-corrected chi connectivity index (χ3v) is 4.35. The van der Waals surface area contributed by atoms with Gasteiger partial charge in [0.05, 0.1) is 18.9 Å². The predicted octanol–water partition coefficient (Wildman–Crippen LogP) is -3.34. The van der Waals surface area contributed by atoms with Gasteiger partial charge >= 0.3 is 51.4 Å². The van der Waals surface area contributed by atoms with Crippen molar-refractivity contribution in [3.05, 3.63) is 0 Å².